The highest BCUT2D eigenvalue weighted by molar-refractivity contribution is 5.51. The van der Waals surface area contributed by atoms with Gasteiger partial charge in [-0.1, -0.05) is 6.07 Å². The lowest BCUT2D eigenvalue weighted by Crippen LogP contribution is -2.25. The molecular formula is C11H16N6. The summed E-state index contributed by atoms with van der Waals surface area (Å²) in [7, 11) is 0. The smallest absolute Gasteiger partial charge is 0.153 e. The summed E-state index contributed by atoms with van der Waals surface area (Å²) in [6, 6.07) is 8.15. The monoisotopic (exact) mass is 232 g/mol. The largest absolute Gasteiger partial charge is 0.381 e. The minimum atomic E-state index is 0.236. The summed E-state index contributed by atoms with van der Waals surface area (Å²) in [6.07, 6.45) is 0. The van der Waals surface area contributed by atoms with Gasteiger partial charge in [-0.15, -0.1) is 5.10 Å². The fraction of sp³-hybridized carbons (Fsp3) is 0.364. The van der Waals surface area contributed by atoms with Gasteiger partial charge in [-0.2, -0.15) is 4.68 Å². The molecule has 2 aromatic rings. The molecule has 3 N–H and O–H groups in total. The maximum Gasteiger partial charge on any atom is 0.153 e. The fourth-order valence-corrected chi connectivity index (χ4v) is 1.54. The number of anilines is 1. The van der Waals surface area contributed by atoms with Crippen molar-refractivity contribution in [3.63, 3.8) is 0 Å². The SMILES string of the molecule is Cc1nnnn1-c1cccc(NC(C)CN)c1. The van der Waals surface area contributed by atoms with Crippen LogP contribution in [0.1, 0.15) is 12.7 Å². The zero-order valence-corrected chi connectivity index (χ0v) is 9.96. The third kappa shape index (κ3) is 2.59. The van der Waals surface area contributed by atoms with Gasteiger partial charge in [0.2, 0.25) is 0 Å². The molecule has 2 rings (SSSR count). The van der Waals surface area contributed by atoms with Gasteiger partial charge in [0.1, 0.15) is 0 Å². The third-order valence-corrected chi connectivity index (χ3v) is 2.48. The van der Waals surface area contributed by atoms with Crippen molar-refractivity contribution >= 4 is 5.69 Å². The van der Waals surface area contributed by atoms with E-state index in [0.717, 1.165) is 17.2 Å². The highest BCUT2D eigenvalue weighted by atomic mass is 15.5. The number of aromatic nitrogens is 4. The number of benzene rings is 1. The lowest BCUT2D eigenvalue weighted by molar-refractivity contribution is 0.777. The molecule has 1 aromatic heterocycles. The van der Waals surface area contributed by atoms with Crippen LogP contribution < -0.4 is 11.1 Å². The summed E-state index contributed by atoms with van der Waals surface area (Å²) >= 11 is 0. The van der Waals surface area contributed by atoms with Gasteiger partial charge in [-0.3, -0.25) is 0 Å². The van der Waals surface area contributed by atoms with E-state index in [1.807, 2.05) is 38.1 Å². The second-order valence-corrected chi connectivity index (χ2v) is 3.97. The van der Waals surface area contributed by atoms with Crippen LogP contribution in [0.2, 0.25) is 0 Å². The van der Waals surface area contributed by atoms with E-state index >= 15 is 0 Å². The van der Waals surface area contributed by atoms with E-state index < -0.39 is 0 Å². The average Bonchev–Trinajstić information content (AvgIpc) is 2.75. The van der Waals surface area contributed by atoms with Crippen molar-refractivity contribution in [1.82, 2.24) is 20.2 Å². The molecule has 0 amide bonds. The van der Waals surface area contributed by atoms with Crippen LogP contribution in [0.25, 0.3) is 5.69 Å². The van der Waals surface area contributed by atoms with Crippen molar-refractivity contribution in [3.8, 4) is 5.69 Å². The fourth-order valence-electron chi connectivity index (χ4n) is 1.54. The zero-order valence-electron chi connectivity index (χ0n) is 9.96. The lowest BCUT2D eigenvalue weighted by atomic mass is 10.2. The zero-order chi connectivity index (χ0) is 12.3. The molecule has 0 fully saturated rings. The molecule has 0 aliphatic heterocycles. The number of tetrazole rings is 1. The summed E-state index contributed by atoms with van der Waals surface area (Å²) in [5.74, 6) is 0.758. The van der Waals surface area contributed by atoms with Gasteiger partial charge < -0.3 is 11.1 Å². The summed E-state index contributed by atoms with van der Waals surface area (Å²) in [5, 5.41) is 14.7. The van der Waals surface area contributed by atoms with Crippen LogP contribution in [0.4, 0.5) is 5.69 Å². The first kappa shape index (κ1) is 11.5. The van der Waals surface area contributed by atoms with E-state index in [-0.39, 0.29) is 6.04 Å². The molecular weight excluding hydrogens is 216 g/mol. The van der Waals surface area contributed by atoms with Gasteiger partial charge >= 0.3 is 0 Å². The molecule has 0 bridgehead atoms. The molecule has 17 heavy (non-hydrogen) atoms. The first-order valence-electron chi connectivity index (χ1n) is 5.52. The highest BCUT2D eigenvalue weighted by Gasteiger charge is 2.05. The van der Waals surface area contributed by atoms with Crippen LogP contribution >= 0.6 is 0 Å². The summed E-state index contributed by atoms with van der Waals surface area (Å²) in [5.41, 5.74) is 7.52. The normalized spacial score (nSPS) is 12.4. The van der Waals surface area contributed by atoms with Crippen molar-refractivity contribution in [3.05, 3.63) is 30.1 Å². The van der Waals surface area contributed by atoms with Crippen LogP contribution in [0.15, 0.2) is 24.3 Å². The van der Waals surface area contributed by atoms with E-state index in [2.05, 4.69) is 20.8 Å². The van der Waals surface area contributed by atoms with Gasteiger partial charge in [0.25, 0.3) is 0 Å². The van der Waals surface area contributed by atoms with Crippen LogP contribution in [-0.2, 0) is 0 Å². The van der Waals surface area contributed by atoms with Gasteiger partial charge in [-0.25, -0.2) is 0 Å². The molecule has 1 heterocycles. The van der Waals surface area contributed by atoms with Crippen molar-refractivity contribution in [2.45, 2.75) is 19.9 Å². The average molecular weight is 232 g/mol. The molecule has 0 radical (unpaired) electrons. The number of nitrogens with zero attached hydrogens (tertiary/aromatic N) is 4. The Hall–Kier alpha value is -1.95. The molecule has 0 aliphatic rings. The third-order valence-electron chi connectivity index (χ3n) is 2.48. The molecule has 0 spiro atoms. The molecule has 0 saturated carbocycles. The van der Waals surface area contributed by atoms with Gasteiger partial charge in [0.15, 0.2) is 5.82 Å². The van der Waals surface area contributed by atoms with Crippen LogP contribution in [0, 0.1) is 6.92 Å². The van der Waals surface area contributed by atoms with Crippen LogP contribution in [0.3, 0.4) is 0 Å². The second-order valence-electron chi connectivity index (χ2n) is 3.97. The Morgan fingerprint density at radius 3 is 2.94 bits per heavy atom. The maximum atomic E-state index is 5.58. The summed E-state index contributed by atoms with van der Waals surface area (Å²) in [6.45, 7) is 4.49. The highest BCUT2D eigenvalue weighted by Crippen LogP contribution is 2.15. The van der Waals surface area contributed by atoms with E-state index in [0.29, 0.717) is 6.54 Å². The standard InChI is InChI=1S/C11H16N6/c1-8(7-12)13-10-4-3-5-11(6-10)17-9(2)14-15-16-17/h3-6,8,13H,7,12H2,1-2H3. The Balaban J connectivity index is 2.26. The molecule has 0 aliphatic carbocycles. The van der Waals surface area contributed by atoms with Crippen molar-refractivity contribution in [2.75, 3.05) is 11.9 Å². The van der Waals surface area contributed by atoms with Gasteiger partial charge in [-0.05, 0) is 42.5 Å². The van der Waals surface area contributed by atoms with E-state index in [1.165, 1.54) is 0 Å². The van der Waals surface area contributed by atoms with E-state index in [1.54, 1.807) is 4.68 Å². The molecule has 1 unspecified atom stereocenters. The Morgan fingerprint density at radius 1 is 1.47 bits per heavy atom. The molecule has 1 atom stereocenters. The Labute approximate surface area is 99.8 Å². The number of nitrogens with two attached hydrogens (primary N) is 1. The van der Waals surface area contributed by atoms with Crippen molar-refractivity contribution in [1.29, 1.82) is 0 Å². The van der Waals surface area contributed by atoms with Gasteiger partial charge in [0, 0.05) is 18.3 Å². The van der Waals surface area contributed by atoms with Crippen molar-refractivity contribution < 1.29 is 0 Å². The summed E-state index contributed by atoms with van der Waals surface area (Å²) < 4.78 is 1.69. The van der Waals surface area contributed by atoms with Crippen LogP contribution in [-0.4, -0.2) is 32.8 Å². The number of rotatable bonds is 4. The Morgan fingerprint density at radius 2 is 2.29 bits per heavy atom. The number of aryl methyl sites for hydroxylation is 1. The number of nitrogens with one attached hydrogen (secondary N) is 1. The molecule has 1 aromatic carbocycles. The number of hydrogen-bond acceptors (Lipinski definition) is 5. The molecule has 6 nitrogen and oxygen atoms in total. The molecule has 6 heteroatoms. The number of hydrogen-bond donors (Lipinski definition) is 2. The van der Waals surface area contributed by atoms with E-state index in [4.69, 9.17) is 5.73 Å². The summed E-state index contributed by atoms with van der Waals surface area (Å²) in [4.78, 5) is 0. The second kappa shape index (κ2) is 4.92. The Bertz CT molecular complexity index is 492. The van der Waals surface area contributed by atoms with Crippen LogP contribution in [0.5, 0.6) is 0 Å². The maximum absolute atomic E-state index is 5.58. The Kier molecular flexibility index (Phi) is 3.34. The minimum Gasteiger partial charge on any atom is -0.381 e. The quantitative estimate of drug-likeness (QED) is 0.812. The predicted octanol–water partition coefficient (Wildman–Crippen LogP) is 0.730. The first-order valence-corrected chi connectivity index (χ1v) is 5.52. The van der Waals surface area contributed by atoms with Crippen molar-refractivity contribution in [2.24, 2.45) is 5.73 Å². The molecule has 90 valence electrons. The minimum absolute atomic E-state index is 0.236. The predicted molar refractivity (Wildman–Crippen MR) is 66.0 cm³/mol. The lowest BCUT2D eigenvalue weighted by Gasteiger charge is -2.13. The molecule has 0 saturated heterocycles. The van der Waals surface area contributed by atoms with E-state index in [9.17, 15) is 0 Å². The van der Waals surface area contributed by atoms with Gasteiger partial charge in [0.05, 0.1) is 5.69 Å². The first-order chi connectivity index (χ1) is 8.20. The topological polar surface area (TPSA) is 81.7 Å².